The van der Waals surface area contributed by atoms with E-state index in [1.807, 2.05) is 0 Å². The van der Waals surface area contributed by atoms with Gasteiger partial charge < -0.3 is 10.8 Å². The van der Waals surface area contributed by atoms with Crippen LogP contribution in [0.2, 0.25) is 0 Å². The molecule has 4 aliphatic rings. The Morgan fingerprint density at radius 1 is 1.20 bits per heavy atom. The Kier molecular flexibility index (Phi) is 2.38. The molecular formula is C15H19N3O2. The number of carboxylic acid groups (broad SMARTS) is 1. The average molecular weight is 273 g/mol. The Balaban J connectivity index is 1.74. The molecule has 0 radical (unpaired) electrons. The Hall–Kier alpha value is -1.65. The van der Waals surface area contributed by atoms with E-state index in [-0.39, 0.29) is 16.8 Å². The molecule has 1 aromatic heterocycles. The van der Waals surface area contributed by atoms with Crippen LogP contribution >= 0.6 is 0 Å². The topological polar surface area (TPSA) is 89.1 Å². The van der Waals surface area contributed by atoms with E-state index in [1.165, 1.54) is 25.5 Å². The van der Waals surface area contributed by atoms with Crippen molar-refractivity contribution in [3.63, 3.8) is 0 Å². The van der Waals surface area contributed by atoms with Crippen molar-refractivity contribution in [2.75, 3.05) is 5.73 Å². The number of nitrogen functional groups attached to an aromatic ring is 1. The summed E-state index contributed by atoms with van der Waals surface area (Å²) in [5.74, 6) is 2.28. The summed E-state index contributed by atoms with van der Waals surface area (Å²) >= 11 is 0. The summed E-state index contributed by atoms with van der Waals surface area (Å²) in [6, 6.07) is 0. The second-order valence-electron chi connectivity index (χ2n) is 7.00. The SMILES string of the molecule is Nc1nc(C23CC4CC(CC(C4)C2)C3)ncc1C(=O)O. The highest BCUT2D eigenvalue weighted by atomic mass is 16.4. The number of aromatic carboxylic acids is 1. The molecule has 0 spiro atoms. The van der Waals surface area contributed by atoms with E-state index in [9.17, 15) is 4.79 Å². The van der Waals surface area contributed by atoms with E-state index in [0.717, 1.165) is 42.8 Å². The van der Waals surface area contributed by atoms with Crippen LogP contribution in [0.5, 0.6) is 0 Å². The van der Waals surface area contributed by atoms with Crippen molar-refractivity contribution in [2.24, 2.45) is 17.8 Å². The second-order valence-corrected chi connectivity index (χ2v) is 7.00. The van der Waals surface area contributed by atoms with Gasteiger partial charge in [0.1, 0.15) is 17.2 Å². The van der Waals surface area contributed by atoms with Crippen molar-refractivity contribution in [3.8, 4) is 0 Å². The molecule has 20 heavy (non-hydrogen) atoms. The summed E-state index contributed by atoms with van der Waals surface area (Å²) in [4.78, 5) is 19.8. The van der Waals surface area contributed by atoms with Gasteiger partial charge in [-0.05, 0) is 56.3 Å². The maximum Gasteiger partial charge on any atom is 0.341 e. The van der Waals surface area contributed by atoms with Crippen LogP contribution in [0, 0.1) is 17.8 Å². The lowest BCUT2D eigenvalue weighted by molar-refractivity contribution is -0.00937. The molecule has 1 aromatic rings. The van der Waals surface area contributed by atoms with Crippen LogP contribution in [0.3, 0.4) is 0 Å². The Morgan fingerprint density at radius 2 is 1.75 bits per heavy atom. The largest absolute Gasteiger partial charge is 0.477 e. The standard InChI is InChI=1S/C15H19N3O2/c16-12-11(13(19)20)7-17-14(18-12)15-4-8-1-9(5-15)3-10(2-8)6-15/h7-10H,1-6H2,(H,19,20)(H2,16,17,18). The molecule has 3 N–H and O–H groups in total. The molecular weight excluding hydrogens is 254 g/mol. The van der Waals surface area contributed by atoms with Gasteiger partial charge in [0.25, 0.3) is 0 Å². The predicted molar refractivity (Wildman–Crippen MR) is 73.3 cm³/mol. The lowest BCUT2D eigenvalue weighted by Gasteiger charge is -2.55. The molecule has 0 atom stereocenters. The summed E-state index contributed by atoms with van der Waals surface area (Å²) in [5.41, 5.74) is 5.89. The van der Waals surface area contributed by atoms with Gasteiger partial charge in [-0.15, -0.1) is 0 Å². The normalized spacial score (nSPS) is 38.1. The maximum atomic E-state index is 11.0. The summed E-state index contributed by atoms with van der Waals surface area (Å²) in [7, 11) is 0. The zero-order valence-corrected chi connectivity index (χ0v) is 11.4. The van der Waals surface area contributed by atoms with Crippen LogP contribution in [0.25, 0.3) is 0 Å². The third-order valence-corrected chi connectivity index (χ3v) is 5.56. The number of rotatable bonds is 2. The fraction of sp³-hybridized carbons (Fsp3) is 0.667. The minimum atomic E-state index is -1.06. The second kappa shape index (κ2) is 3.93. The first-order chi connectivity index (χ1) is 9.56. The summed E-state index contributed by atoms with van der Waals surface area (Å²) in [6.07, 6.45) is 8.95. The fourth-order valence-electron chi connectivity index (χ4n) is 5.20. The fourth-order valence-corrected chi connectivity index (χ4v) is 5.20. The molecule has 0 aromatic carbocycles. The first-order valence-corrected chi connectivity index (χ1v) is 7.42. The highest BCUT2D eigenvalue weighted by Crippen LogP contribution is 2.60. The molecule has 0 unspecified atom stereocenters. The van der Waals surface area contributed by atoms with Gasteiger partial charge in [-0.1, -0.05) is 0 Å². The Morgan fingerprint density at radius 3 is 2.20 bits per heavy atom. The van der Waals surface area contributed by atoms with Crippen molar-refractivity contribution in [2.45, 2.75) is 43.9 Å². The number of nitrogens with zero attached hydrogens (tertiary/aromatic N) is 2. The van der Waals surface area contributed by atoms with Crippen LogP contribution in [-0.2, 0) is 5.41 Å². The number of carboxylic acids is 1. The third kappa shape index (κ3) is 1.65. The molecule has 4 bridgehead atoms. The number of hydrogen-bond acceptors (Lipinski definition) is 4. The first-order valence-electron chi connectivity index (χ1n) is 7.42. The van der Waals surface area contributed by atoms with Crippen molar-refractivity contribution in [1.29, 1.82) is 0 Å². The van der Waals surface area contributed by atoms with E-state index in [2.05, 4.69) is 9.97 Å². The van der Waals surface area contributed by atoms with Gasteiger partial charge in [-0.2, -0.15) is 0 Å². The van der Waals surface area contributed by atoms with Gasteiger partial charge in [0.05, 0.1) is 0 Å². The van der Waals surface area contributed by atoms with Crippen molar-refractivity contribution >= 4 is 11.8 Å². The maximum absolute atomic E-state index is 11.0. The number of anilines is 1. The van der Waals surface area contributed by atoms with Crippen molar-refractivity contribution in [1.82, 2.24) is 9.97 Å². The van der Waals surface area contributed by atoms with Gasteiger partial charge in [-0.25, -0.2) is 14.8 Å². The molecule has 5 nitrogen and oxygen atoms in total. The van der Waals surface area contributed by atoms with Gasteiger partial charge in [-0.3, -0.25) is 0 Å². The lowest BCUT2D eigenvalue weighted by Crippen LogP contribution is -2.49. The van der Waals surface area contributed by atoms with Crippen LogP contribution < -0.4 is 5.73 Å². The van der Waals surface area contributed by atoms with Crippen LogP contribution in [0.15, 0.2) is 6.20 Å². The molecule has 0 amide bonds. The quantitative estimate of drug-likeness (QED) is 0.862. The molecule has 5 heteroatoms. The molecule has 106 valence electrons. The van der Waals surface area contributed by atoms with Crippen LogP contribution in [-0.4, -0.2) is 21.0 Å². The lowest BCUT2D eigenvalue weighted by atomic mass is 9.49. The van der Waals surface area contributed by atoms with Gasteiger partial charge in [0, 0.05) is 11.6 Å². The number of carbonyl (C=O) groups is 1. The van der Waals surface area contributed by atoms with Gasteiger partial charge in [0.2, 0.25) is 0 Å². The van der Waals surface area contributed by atoms with Gasteiger partial charge in [0.15, 0.2) is 0 Å². The molecule has 1 heterocycles. The highest BCUT2D eigenvalue weighted by Gasteiger charge is 2.53. The van der Waals surface area contributed by atoms with Crippen LogP contribution in [0.4, 0.5) is 5.82 Å². The smallest absolute Gasteiger partial charge is 0.341 e. The van der Waals surface area contributed by atoms with Crippen molar-refractivity contribution < 1.29 is 9.90 Å². The third-order valence-electron chi connectivity index (χ3n) is 5.56. The average Bonchev–Trinajstić information content (AvgIpc) is 2.36. The molecule has 4 aliphatic carbocycles. The minimum Gasteiger partial charge on any atom is -0.477 e. The first kappa shape index (κ1) is 12.1. The summed E-state index contributed by atoms with van der Waals surface area (Å²) in [5, 5.41) is 9.03. The molecule has 4 saturated carbocycles. The van der Waals surface area contributed by atoms with E-state index < -0.39 is 5.97 Å². The van der Waals surface area contributed by atoms with E-state index in [4.69, 9.17) is 10.8 Å². The predicted octanol–water partition coefficient (Wildman–Crippen LogP) is 2.22. The van der Waals surface area contributed by atoms with E-state index in [0.29, 0.717) is 0 Å². The van der Waals surface area contributed by atoms with E-state index in [1.54, 1.807) is 0 Å². The molecule has 4 fully saturated rings. The zero-order chi connectivity index (χ0) is 13.9. The van der Waals surface area contributed by atoms with E-state index >= 15 is 0 Å². The van der Waals surface area contributed by atoms with Gasteiger partial charge >= 0.3 is 5.97 Å². The monoisotopic (exact) mass is 273 g/mol. The van der Waals surface area contributed by atoms with Crippen LogP contribution in [0.1, 0.15) is 54.7 Å². The van der Waals surface area contributed by atoms with Crippen molar-refractivity contribution in [3.05, 3.63) is 17.6 Å². The number of nitrogens with two attached hydrogens (primary N) is 1. The highest BCUT2D eigenvalue weighted by molar-refractivity contribution is 5.92. The molecule has 0 aliphatic heterocycles. The Labute approximate surface area is 117 Å². The Bertz CT molecular complexity index is 549. The summed E-state index contributed by atoms with van der Waals surface area (Å²) < 4.78 is 0. The molecule has 0 saturated heterocycles. The molecule has 5 rings (SSSR count). The number of hydrogen-bond donors (Lipinski definition) is 2. The summed E-state index contributed by atoms with van der Waals surface area (Å²) in [6.45, 7) is 0. The number of aromatic nitrogens is 2. The zero-order valence-electron chi connectivity index (χ0n) is 11.4. The minimum absolute atomic E-state index is 0.0125.